The van der Waals surface area contributed by atoms with Gasteiger partial charge < -0.3 is 5.11 Å². The molecule has 0 spiro atoms. The second kappa shape index (κ2) is 6.95. The molecule has 23 heavy (non-hydrogen) atoms. The Hall–Kier alpha value is -1.50. The van der Waals surface area contributed by atoms with E-state index in [2.05, 4.69) is 0 Å². The molecule has 0 aliphatic carbocycles. The van der Waals surface area contributed by atoms with E-state index < -0.39 is 10.0 Å². The smallest absolute Gasteiger partial charge is 0.219 e. The van der Waals surface area contributed by atoms with Crippen LogP contribution in [0.2, 0.25) is 0 Å². The lowest BCUT2D eigenvalue weighted by Gasteiger charge is -2.24. The molecule has 1 atom stereocenters. The number of phenolic OH excluding ortho intramolecular Hbond substituents is 1. The van der Waals surface area contributed by atoms with E-state index in [0.717, 1.165) is 23.3 Å². The van der Waals surface area contributed by atoms with Crippen LogP contribution in [0.5, 0.6) is 5.75 Å². The molecule has 1 fully saturated rings. The van der Waals surface area contributed by atoms with Crippen LogP contribution in [0.3, 0.4) is 0 Å². The van der Waals surface area contributed by atoms with E-state index in [4.69, 9.17) is 0 Å². The number of phenols is 1. The molecule has 0 amide bonds. The van der Waals surface area contributed by atoms with Gasteiger partial charge >= 0.3 is 0 Å². The minimum absolute atomic E-state index is 0.0195. The van der Waals surface area contributed by atoms with E-state index in [1.54, 1.807) is 16.4 Å². The van der Waals surface area contributed by atoms with Crippen molar-refractivity contribution in [2.45, 2.75) is 28.9 Å². The largest absolute Gasteiger partial charge is 0.507 e. The zero-order valence-corrected chi connectivity index (χ0v) is 14.3. The molecule has 1 saturated heterocycles. The molecule has 0 saturated carbocycles. The van der Waals surface area contributed by atoms with Crippen LogP contribution in [-0.4, -0.2) is 29.7 Å². The summed E-state index contributed by atoms with van der Waals surface area (Å²) in [7, 11) is -3.36. The monoisotopic (exact) mass is 349 g/mol. The summed E-state index contributed by atoms with van der Waals surface area (Å²) < 4.78 is 27.1. The number of aromatic hydroxyl groups is 1. The average Bonchev–Trinajstić information content (AvgIpc) is 2.99. The molecular formula is C17H19NO3S2. The van der Waals surface area contributed by atoms with Crippen LogP contribution in [0.15, 0.2) is 59.5 Å². The van der Waals surface area contributed by atoms with Gasteiger partial charge in [0.15, 0.2) is 0 Å². The first-order valence-corrected chi connectivity index (χ1v) is 10.0. The zero-order valence-electron chi connectivity index (χ0n) is 12.6. The first kappa shape index (κ1) is 16.4. The Labute approximate surface area is 141 Å². The Balaban J connectivity index is 1.77. The van der Waals surface area contributed by atoms with Crippen molar-refractivity contribution >= 4 is 21.8 Å². The van der Waals surface area contributed by atoms with Gasteiger partial charge in [0, 0.05) is 6.54 Å². The van der Waals surface area contributed by atoms with E-state index >= 15 is 0 Å². The Morgan fingerprint density at radius 2 is 1.78 bits per heavy atom. The highest BCUT2D eigenvalue weighted by atomic mass is 32.2. The molecule has 122 valence electrons. The summed E-state index contributed by atoms with van der Waals surface area (Å²) in [6, 6.07) is 16.3. The molecule has 4 nitrogen and oxygen atoms in total. The van der Waals surface area contributed by atoms with Crippen molar-refractivity contribution in [2.24, 2.45) is 0 Å². The number of sulfonamides is 1. The fourth-order valence-corrected chi connectivity index (χ4v) is 6.04. The molecule has 0 aromatic heterocycles. The summed E-state index contributed by atoms with van der Waals surface area (Å²) in [6.45, 7) is 0.542. The van der Waals surface area contributed by atoms with Crippen molar-refractivity contribution < 1.29 is 13.5 Å². The molecule has 1 unspecified atom stereocenters. The highest BCUT2D eigenvalue weighted by molar-refractivity contribution is 8.00. The predicted molar refractivity (Wildman–Crippen MR) is 92.8 cm³/mol. The van der Waals surface area contributed by atoms with Crippen molar-refractivity contribution in [1.82, 2.24) is 4.31 Å². The summed E-state index contributed by atoms with van der Waals surface area (Å²) in [5.74, 6) is 0.218. The van der Waals surface area contributed by atoms with Crippen molar-refractivity contribution in [2.75, 3.05) is 6.54 Å². The first-order valence-electron chi connectivity index (χ1n) is 7.54. The Bertz CT molecular complexity index is 762. The molecule has 1 aliphatic heterocycles. The normalized spacial score (nSPS) is 19.0. The molecule has 2 aromatic carbocycles. The van der Waals surface area contributed by atoms with Crippen LogP contribution in [0.1, 0.15) is 18.4 Å². The van der Waals surface area contributed by atoms with Crippen molar-refractivity contribution in [3.05, 3.63) is 60.2 Å². The Morgan fingerprint density at radius 3 is 2.52 bits per heavy atom. The minimum Gasteiger partial charge on any atom is -0.507 e. The molecule has 0 bridgehead atoms. The van der Waals surface area contributed by atoms with Gasteiger partial charge in [0.2, 0.25) is 10.0 Å². The van der Waals surface area contributed by atoms with Gasteiger partial charge in [-0.25, -0.2) is 8.42 Å². The van der Waals surface area contributed by atoms with Crippen molar-refractivity contribution in [1.29, 1.82) is 0 Å². The number of benzene rings is 2. The van der Waals surface area contributed by atoms with Crippen LogP contribution in [0.4, 0.5) is 0 Å². The first-order chi connectivity index (χ1) is 11.1. The van der Waals surface area contributed by atoms with E-state index in [1.165, 1.54) is 11.8 Å². The molecule has 3 rings (SSSR count). The highest BCUT2D eigenvalue weighted by Gasteiger charge is 2.35. The number of hydrogen-bond acceptors (Lipinski definition) is 4. The van der Waals surface area contributed by atoms with Gasteiger partial charge in [-0.3, -0.25) is 0 Å². The maximum absolute atomic E-state index is 12.7. The average molecular weight is 349 g/mol. The van der Waals surface area contributed by atoms with Gasteiger partial charge in [-0.05, 0) is 30.5 Å². The molecule has 2 aromatic rings. The number of nitrogens with zero attached hydrogens (tertiary/aromatic N) is 1. The summed E-state index contributed by atoms with van der Waals surface area (Å²) in [5.41, 5.74) is 0.797. The van der Waals surface area contributed by atoms with E-state index in [-0.39, 0.29) is 16.9 Å². The third-order valence-corrected chi connectivity index (χ3v) is 7.17. The van der Waals surface area contributed by atoms with Crippen LogP contribution < -0.4 is 0 Å². The van der Waals surface area contributed by atoms with Crippen LogP contribution in [-0.2, 0) is 15.8 Å². The van der Waals surface area contributed by atoms with E-state index in [1.807, 2.05) is 42.5 Å². The highest BCUT2D eigenvalue weighted by Crippen LogP contribution is 2.38. The quantitative estimate of drug-likeness (QED) is 0.898. The molecule has 0 radical (unpaired) electrons. The number of thioether (sulfide) groups is 1. The minimum atomic E-state index is -3.36. The molecule has 1 N–H and O–H groups in total. The predicted octanol–water partition coefficient (Wildman–Crippen LogP) is 3.44. The molecule has 1 heterocycles. The number of hydrogen-bond donors (Lipinski definition) is 1. The number of para-hydroxylation sites is 1. The second-order valence-electron chi connectivity index (χ2n) is 5.53. The Kier molecular flexibility index (Phi) is 4.94. The molecule has 1 aliphatic rings. The van der Waals surface area contributed by atoms with Gasteiger partial charge in [-0.15, -0.1) is 11.8 Å². The maximum Gasteiger partial charge on any atom is 0.219 e. The van der Waals surface area contributed by atoms with E-state index in [0.29, 0.717) is 6.54 Å². The third kappa shape index (κ3) is 3.88. The topological polar surface area (TPSA) is 57.6 Å². The van der Waals surface area contributed by atoms with Crippen LogP contribution >= 0.6 is 11.8 Å². The van der Waals surface area contributed by atoms with Crippen molar-refractivity contribution in [3.8, 4) is 5.75 Å². The van der Waals surface area contributed by atoms with Gasteiger partial charge in [-0.1, -0.05) is 42.5 Å². The summed E-state index contributed by atoms with van der Waals surface area (Å²) in [5, 5.41) is 9.75. The number of rotatable bonds is 5. The SMILES string of the molecule is O=S(=O)(Cc1ccccc1)N1CCCC1Sc1ccccc1O. The third-order valence-electron chi connectivity index (χ3n) is 3.83. The standard InChI is InChI=1S/C17H19NO3S2/c19-15-9-4-5-10-16(15)22-17-11-6-12-18(17)23(20,21)13-14-7-2-1-3-8-14/h1-5,7-10,17,19H,6,11-13H2. The lowest BCUT2D eigenvalue weighted by atomic mass is 10.2. The fraction of sp³-hybridized carbons (Fsp3) is 0.294. The lowest BCUT2D eigenvalue weighted by Crippen LogP contribution is -2.34. The second-order valence-corrected chi connectivity index (χ2v) is 8.68. The van der Waals surface area contributed by atoms with Gasteiger partial charge in [0.25, 0.3) is 0 Å². The van der Waals surface area contributed by atoms with Gasteiger partial charge in [0.1, 0.15) is 5.75 Å². The molecular weight excluding hydrogens is 330 g/mol. The van der Waals surface area contributed by atoms with Crippen LogP contribution in [0.25, 0.3) is 0 Å². The van der Waals surface area contributed by atoms with Crippen molar-refractivity contribution in [3.63, 3.8) is 0 Å². The van der Waals surface area contributed by atoms with Gasteiger partial charge in [-0.2, -0.15) is 4.31 Å². The Morgan fingerprint density at radius 1 is 1.09 bits per heavy atom. The molecule has 6 heteroatoms. The fourth-order valence-electron chi connectivity index (χ4n) is 2.72. The summed E-state index contributed by atoms with van der Waals surface area (Å²) in [6.07, 6.45) is 1.65. The van der Waals surface area contributed by atoms with E-state index in [9.17, 15) is 13.5 Å². The summed E-state index contributed by atoms with van der Waals surface area (Å²) in [4.78, 5) is 0.722. The van der Waals surface area contributed by atoms with Gasteiger partial charge in [0.05, 0.1) is 16.0 Å². The lowest BCUT2D eigenvalue weighted by molar-refractivity contribution is 0.452. The van der Waals surface area contributed by atoms with Crippen LogP contribution in [0, 0.1) is 0 Å². The summed E-state index contributed by atoms with van der Waals surface area (Å²) >= 11 is 1.42. The zero-order chi connectivity index (χ0) is 16.3. The maximum atomic E-state index is 12.7.